The van der Waals surface area contributed by atoms with E-state index in [0.29, 0.717) is 6.04 Å². The van der Waals surface area contributed by atoms with Crippen LogP contribution in [0.15, 0.2) is 18.5 Å². The van der Waals surface area contributed by atoms with Gasteiger partial charge in [-0.25, -0.2) is 4.39 Å². The Hall–Kier alpha value is -1.04. The summed E-state index contributed by atoms with van der Waals surface area (Å²) in [5, 5.41) is 3.54. The van der Waals surface area contributed by atoms with Gasteiger partial charge in [0.2, 0.25) is 0 Å². The van der Waals surface area contributed by atoms with E-state index in [0.717, 1.165) is 51.3 Å². The summed E-state index contributed by atoms with van der Waals surface area (Å²) in [5.74, 6) is -0.196. The minimum atomic E-state index is -0.196. The third-order valence-electron chi connectivity index (χ3n) is 4.46. The Kier molecular flexibility index (Phi) is 4.29. The second kappa shape index (κ2) is 6.16. The number of nitrogens with zero attached hydrogens (tertiary/aromatic N) is 3. The molecule has 1 N–H and O–H groups in total. The van der Waals surface area contributed by atoms with E-state index in [4.69, 9.17) is 0 Å². The van der Waals surface area contributed by atoms with Crippen molar-refractivity contribution in [1.82, 2.24) is 20.1 Å². The molecule has 3 aliphatic heterocycles. The minimum Gasteiger partial charge on any atom is -0.309 e. The van der Waals surface area contributed by atoms with Gasteiger partial charge in [-0.2, -0.15) is 0 Å². The second-order valence-corrected chi connectivity index (χ2v) is 5.73. The molecule has 3 saturated heterocycles. The van der Waals surface area contributed by atoms with E-state index in [2.05, 4.69) is 27.0 Å². The Morgan fingerprint density at radius 2 is 2.20 bits per heavy atom. The Morgan fingerprint density at radius 1 is 1.40 bits per heavy atom. The highest BCUT2D eigenvalue weighted by Crippen LogP contribution is 2.28. The van der Waals surface area contributed by atoms with Crippen LogP contribution in [0, 0.1) is 5.82 Å². The highest BCUT2D eigenvalue weighted by molar-refractivity contribution is 5.20. The average Bonchev–Trinajstić information content (AvgIpc) is 2.50. The van der Waals surface area contributed by atoms with Crippen LogP contribution >= 0.6 is 0 Å². The van der Waals surface area contributed by atoms with Gasteiger partial charge in [0.1, 0.15) is 5.82 Å². The van der Waals surface area contributed by atoms with Crippen molar-refractivity contribution in [1.29, 1.82) is 0 Å². The first-order valence-corrected chi connectivity index (χ1v) is 7.58. The standard InChI is InChI=1S/C15H23FN4/c1-2-4-18-15(12-3-5-17-10-13(12)16)14-11-19-6-8-20(14)9-7-19/h3,5,10,14-15,18H,2,4,6-9,11H2,1H3. The van der Waals surface area contributed by atoms with E-state index in [1.54, 1.807) is 6.20 Å². The van der Waals surface area contributed by atoms with Crippen LogP contribution in [0.3, 0.4) is 0 Å². The van der Waals surface area contributed by atoms with Crippen molar-refractivity contribution in [2.24, 2.45) is 0 Å². The second-order valence-electron chi connectivity index (χ2n) is 5.73. The SMILES string of the molecule is CCCNC(c1ccncc1F)C1CN2CCN1CC2. The van der Waals surface area contributed by atoms with Crippen LogP contribution < -0.4 is 5.32 Å². The number of halogens is 1. The van der Waals surface area contributed by atoms with Gasteiger partial charge in [0, 0.05) is 50.5 Å². The van der Waals surface area contributed by atoms with E-state index >= 15 is 0 Å². The van der Waals surface area contributed by atoms with Gasteiger partial charge in [-0.15, -0.1) is 0 Å². The maximum atomic E-state index is 14.1. The number of nitrogens with one attached hydrogen (secondary N) is 1. The zero-order chi connectivity index (χ0) is 13.9. The van der Waals surface area contributed by atoms with E-state index in [-0.39, 0.29) is 11.9 Å². The molecule has 1 aromatic rings. The van der Waals surface area contributed by atoms with Gasteiger partial charge in [0.15, 0.2) is 0 Å². The Morgan fingerprint density at radius 3 is 2.80 bits per heavy atom. The van der Waals surface area contributed by atoms with Crippen LogP contribution in [0.25, 0.3) is 0 Å². The lowest BCUT2D eigenvalue weighted by Crippen LogP contribution is -2.64. The highest BCUT2D eigenvalue weighted by atomic mass is 19.1. The lowest BCUT2D eigenvalue weighted by Gasteiger charge is -2.50. The molecule has 4 nitrogen and oxygen atoms in total. The number of fused-ring (bicyclic) bond motifs is 3. The molecular formula is C15H23FN4. The molecule has 3 fully saturated rings. The molecule has 4 heterocycles. The zero-order valence-electron chi connectivity index (χ0n) is 12.1. The molecule has 2 unspecified atom stereocenters. The van der Waals surface area contributed by atoms with Crippen molar-refractivity contribution < 1.29 is 4.39 Å². The molecular weight excluding hydrogens is 255 g/mol. The van der Waals surface area contributed by atoms with Crippen LogP contribution in [0.2, 0.25) is 0 Å². The van der Waals surface area contributed by atoms with Crippen molar-refractivity contribution in [2.75, 3.05) is 39.3 Å². The maximum absolute atomic E-state index is 14.1. The van der Waals surface area contributed by atoms with Crippen molar-refractivity contribution in [3.05, 3.63) is 29.8 Å². The van der Waals surface area contributed by atoms with Gasteiger partial charge in [0.05, 0.1) is 12.2 Å². The van der Waals surface area contributed by atoms with Gasteiger partial charge < -0.3 is 5.32 Å². The molecule has 0 spiro atoms. The molecule has 5 heteroatoms. The molecule has 2 atom stereocenters. The van der Waals surface area contributed by atoms with Crippen LogP contribution in [0.4, 0.5) is 4.39 Å². The van der Waals surface area contributed by atoms with Gasteiger partial charge in [0.25, 0.3) is 0 Å². The van der Waals surface area contributed by atoms with Crippen LogP contribution in [-0.2, 0) is 0 Å². The lowest BCUT2D eigenvalue weighted by molar-refractivity contribution is -0.00416. The first kappa shape index (κ1) is 13.9. The van der Waals surface area contributed by atoms with Crippen LogP contribution in [0.5, 0.6) is 0 Å². The summed E-state index contributed by atoms with van der Waals surface area (Å²) in [6.45, 7) is 8.58. The number of pyridine rings is 1. The fourth-order valence-corrected chi connectivity index (χ4v) is 3.37. The van der Waals surface area contributed by atoms with E-state index in [1.165, 1.54) is 6.20 Å². The predicted molar refractivity (Wildman–Crippen MR) is 77.0 cm³/mol. The molecule has 0 radical (unpaired) electrons. The van der Waals surface area contributed by atoms with Crippen molar-refractivity contribution in [3.63, 3.8) is 0 Å². The Bertz CT molecular complexity index is 445. The summed E-state index contributed by atoms with van der Waals surface area (Å²) in [7, 11) is 0. The van der Waals surface area contributed by atoms with Crippen molar-refractivity contribution >= 4 is 0 Å². The Labute approximate surface area is 120 Å². The number of rotatable bonds is 5. The minimum absolute atomic E-state index is 0.0565. The lowest BCUT2D eigenvalue weighted by atomic mass is 9.94. The number of hydrogen-bond acceptors (Lipinski definition) is 4. The fourth-order valence-electron chi connectivity index (χ4n) is 3.37. The summed E-state index contributed by atoms with van der Waals surface area (Å²) < 4.78 is 14.1. The molecule has 3 aliphatic rings. The molecule has 2 bridgehead atoms. The molecule has 20 heavy (non-hydrogen) atoms. The normalized spacial score (nSPS) is 30.4. The molecule has 0 aliphatic carbocycles. The third kappa shape index (κ3) is 2.71. The monoisotopic (exact) mass is 278 g/mol. The summed E-state index contributed by atoms with van der Waals surface area (Å²) in [4.78, 5) is 8.87. The molecule has 0 saturated carbocycles. The fraction of sp³-hybridized carbons (Fsp3) is 0.667. The van der Waals surface area contributed by atoms with E-state index in [9.17, 15) is 4.39 Å². The number of hydrogen-bond donors (Lipinski definition) is 1. The summed E-state index contributed by atoms with van der Waals surface area (Å²) in [6, 6.07) is 2.24. The molecule has 0 amide bonds. The van der Waals surface area contributed by atoms with Gasteiger partial charge in [-0.1, -0.05) is 6.92 Å². The summed E-state index contributed by atoms with van der Waals surface area (Å²) in [6.07, 6.45) is 4.07. The average molecular weight is 278 g/mol. The number of piperazine rings is 3. The smallest absolute Gasteiger partial charge is 0.146 e. The van der Waals surface area contributed by atoms with Crippen molar-refractivity contribution in [2.45, 2.75) is 25.4 Å². The molecule has 4 rings (SSSR count). The van der Waals surface area contributed by atoms with Gasteiger partial charge >= 0.3 is 0 Å². The van der Waals surface area contributed by atoms with E-state index in [1.807, 2.05) is 6.07 Å². The van der Waals surface area contributed by atoms with Gasteiger partial charge in [-0.3, -0.25) is 14.8 Å². The summed E-state index contributed by atoms with van der Waals surface area (Å²) in [5.41, 5.74) is 0.757. The molecule has 1 aromatic heterocycles. The van der Waals surface area contributed by atoms with Crippen molar-refractivity contribution in [3.8, 4) is 0 Å². The van der Waals surface area contributed by atoms with Crippen LogP contribution in [-0.4, -0.2) is 60.1 Å². The van der Waals surface area contributed by atoms with Gasteiger partial charge in [-0.05, 0) is 19.0 Å². The first-order chi connectivity index (χ1) is 9.79. The topological polar surface area (TPSA) is 31.4 Å². The largest absolute Gasteiger partial charge is 0.309 e. The van der Waals surface area contributed by atoms with Crippen LogP contribution in [0.1, 0.15) is 24.9 Å². The zero-order valence-corrected chi connectivity index (χ0v) is 12.1. The third-order valence-corrected chi connectivity index (χ3v) is 4.46. The van der Waals surface area contributed by atoms with E-state index < -0.39 is 0 Å². The number of aromatic nitrogens is 1. The predicted octanol–water partition coefficient (Wildman–Crippen LogP) is 1.26. The first-order valence-electron chi connectivity index (χ1n) is 7.58. The quantitative estimate of drug-likeness (QED) is 0.879. The Balaban J connectivity index is 1.84. The maximum Gasteiger partial charge on any atom is 0.146 e. The highest BCUT2D eigenvalue weighted by Gasteiger charge is 2.37. The molecule has 110 valence electrons. The molecule has 0 aromatic carbocycles. The summed E-state index contributed by atoms with van der Waals surface area (Å²) >= 11 is 0.